The van der Waals surface area contributed by atoms with Gasteiger partial charge in [0.15, 0.2) is 0 Å². The van der Waals surface area contributed by atoms with Gasteiger partial charge in [-0.05, 0) is 61.2 Å². The van der Waals surface area contributed by atoms with E-state index in [1.54, 1.807) is 0 Å². The molecule has 2 aromatic heterocycles. The summed E-state index contributed by atoms with van der Waals surface area (Å²) < 4.78 is 2.24. The topological polar surface area (TPSA) is 43.8 Å². The fraction of sp³-hybridized carbons (Fsp3) is 0.235. The van der Waals surface area contributed by atoms with Gasteiger partial charge in [-0.1, -0.05) is 12.1 Å². The van der Waals surface area contributed by atoms with Crippen molar-refractivity contribution >= 4 is 10.9 Å². The molecule has 0 saturated carbocycles. The standard InChI is InChI=1S/C17H19N3/c1-13-3-2-4-16(19-13)12-20-10-8-15-11-14(7-9-18)5-6-17(15)20/h2-6,8,10-11H,7,9,12,18H2,1H3. The number of fused-ring (bicyclic) bond motifs is 1. The van der Waals surface area contributed by atoms with Gasteiger partial charge >= 0.3 is 0 Å². The maximum Gasteiger partial charge on any atom is 0.0648 e. The Kier molecular flexibility index (Phi) is 3.52. The predicted octanol–water partition coefficient (Wildman–Crippen LogP) is 2.89. The molecule has 1 aromatic carbocycles. The van der Waals surface area contributed by atoms with E-state index >= 15 is 0 Å². The monoisotopic (exact) mass is 265 g/mol. The summed E-state index contributed by atoms with van der Waals surface area (Å²) in [6.07, 6.45) is 3.06. The van der Waals surface area contributed by atoms with Crippen LogP contribution in [0.1, 0.15) is 17.0 Å². The Balaban J connectivity index is 1.92. The molecule has 0 aliphatic carbocycles. The van der Waals surface area contributed by atoms with E-state index < -0.39 is 0 Å². The molecule has 2 N–H and O–H groups in total. The quantitative estimate of drug-likeness (QED) is 0.788. The molecule has 3 nitrogen and oxygen atoms in total. The zero-order valence-electron chi connectivity index (χ0n) is 11.7. The van der Waals surface area contributed by atoms with Gasteiger partial charge in [0.2, 0.25) is 0 Å². The van der Waals surface area contributed by atoms with Crippen molar-refractivity contribution in [3.63, 3.8) is 0 Å². The molecule has 0 saturated heterocycles. The van der Waals surface area contributed by atoms with Crippen LogP contribution < -0.4 is 5.73 Å². The number of nitrogens with two attached hydrogens (primary N) is 1. The molecular formula is C17H19N3. The smallest absolute Gasteiger partial charge is 0.0648 e. The molecule has 0 unspecified atom stereocenters. The molecule has 3 heteroatoms. The number of benzene rings is 1. The minimum absolute atomic E-state index is 0.694. The number of hydrogen-bond donors (Lipinski definition) is 1. The van der Waals surface area contributed by atoms with Crippen LogP contribution in [0.3, 0.4) is 0 Å². The van der Waals surface area contributed by atoms with E-state index in [9.17, 15) is 0 Å². The lowest BCUT2D eigenvalue weighted by Gasteiger charge is -2.06. The highest BCUT2D eigenvalue weighted by atomic mass is 15.0. The van der Waals surface area contributed by atoms with Crippen molar-refractivity contribution in [3.05, 3.63) is 65.6 Å². The third kappa shape index (κ3) is 2.58. The number of rotatable bonds is 4. The SMILES string of the molecule is Cc1cccc(Cn2ccc3cc(CCN)ccc32)n1. The summed E-state index contributed by atoms with van der Waals surface area (Å²) in [5.74, 6) is 0. The summed E-state index contributed by atoms with van der Waals surface area (Å²) in [4.78, 5) is 4.56. The lowest BCUT2D eigenvalue weighted by Crippen LogP contribution is -2.03. The van der Waals surface area contributed by atoms with E-state index in [2.05, 4.69) is 52.1 Å². The second-order valence-electron chi connectivity index (χ2n) is 5.15. The van der Waals surface area contributed by atoms with Gasteiger partial charge in [0.25, 0.3) is 0 Å². The van der Waals surface area contributed by atoms with Crippen LogP contribution in [-0.4, -0.2) is 16.1 Å². The zero-order valence-corrected chi connectivity index (χ0v) is 11.7. The van der Waals surface area contributed by atoms with Gasteiger partial charge < -0.3 is 10.3 Å². The summed E-state index contributed by atoms with van der Waals surface area (Å²) in [7, 11) is 0. The van der Waals surface area contributed by atoms with E-state index in [0.29, 0.717) is 6.54 Å². The highest BCUT2D eigenvalue weighted by Crippen LogP contribution is 2.19. The van der Waals surface area contributed by atoms with Gasteiger partial charge in [-0.2, -0.15) is 0 Å². The Morgan fingerprint density at radius 1 is 1.15 bits per heavy atom. The fourth-order valence-corrected chi connectivity index (χ4v) is 2.57. The van der Waals surface area contributed by atoms with Crippen molar-refractivity contribution in [3.8, 4) is 0 Å². The average molecular weight is 265 g/mol. The Morgan fingerprint density at radius 3 is 2.85 bits per heavy atom. The number of aryl methyl sites for hydroxylation is 1. The van der Waals surface area contributed by atoms with Crippen LogP contribution in [0.2, 0.25) is 0 Å². The van der Waals surface area contributed by atoms with Crippen molar-refractivity contribution in [2.45, 2.75) is 19.9 Å². The third-order valence-electron chi connectivity index (χ3n) is 3.55. The lowest BCUT2D eigenvalue weighted by atomic mass is 10.1. The van der Waals surface area contributed by atoms with E-state index in [0.717, 1.165) is 24.4 Å². The largest absolute Gasteiger partial charge is 0.341 e. The Bertz CT molecular complexity index is 728. The van der Waals surface area contributed by atoms with Crippen LogP contribution in [0.15, 0.2) is 48.7 Å². The molecule has 0 aliphatic rings. The molecule has 0 spiro atoms. The Morgan fingerprint density at radius 2 is 2.05 bits per heavy atom. The van der Waals surface area contributed by atoms with Crippen LogP contribution in [-0.2, 0) is 13.0 Å². The number of aromatic nitrogens is 2. The van der Waals surface area contributed by atoms with Gasteiger partial charge in [-0.3, -0.25) is 4.98 Å². The van der Waals surface area contributed by atoms with E-state index in [1.807, 2.05) is 13.0 Å². The fourth-order valence-electron chi connectivity index (χ4n) is 2.57. The summed E-state index contributed by atoms with van der Waals surface area (Å²) >= 11 is 0. The highest BCUT2D eigenvalue weighted by Gasteiger charge is 2.04. The molecule has 0 amide bonds. The van der Waals surface area contributed by atoms with Gasteiger partial charge in [-0.25, -0.2) is 0 Å². The minimum atomic E-state index is 0.694. The van der Waals surface area contributed by atoms with Gasteiger partial charge in [-0.15, -0.1) is 0 Å². The summed E-state index contributed by atoms with van der Waals surface area (Å²) in [6.45, 7) is 3.53. The van der Waals surface area contributed by atoms with Crippen LogP contribution in [0.5, 0.6) is 0 Å². The first-order valence-corrected chi connectivity index (χ1v) is 6.96. The number of hydrogen-bond acceptors (Lipinski definition) is 2. The Hall–Kier alpha value is -2.13. The highest BCUT2D eigenvalue weighted by molar-refractivity contribution is 5.81. The van der Waals surface area contributed by atoms with Crippen molar-refractivity contribution in [1.29, 1.82) is 0 Å². The van der Waals surface area contributed by atoms with Crippen LogP contribution in [0, 0.1) is 6.92 Å². The summed E-state index contributed by atoms with van der Waals surface area (Å²) in [6, 6.07) is 14.9. The predicted molar refractivity (Wildman–Crippen MR) is 82.8 cm³/mol. The maximum atomic E-state index is 5.61. The van der Waals surface area contributed by atoms with Gasteiger partial charge in [0.05, 0.1) is 12.2 Å². The first kappa shape index (κ1) is 12.9. The molecule has 0 bridgehead atoms. The van der Waals surface area contributed by atoms with Crippen LogP contribution in [0.25, 0.3) is 10.9 Å². The Labute approximate surface area is 119 Å². The van der Waals surface area contributed by atoms with Crippen LogP contribution >= 0.6 is 0 Å². The average Bonchev–Trinajstić information content (AvgIpc) is 2.82. The molecule has 2 heterocycles. The van der Waals surface area contributed by atoms with Crippen molar-refractivity contribution in [1.82, 2.24) is 9.55 Å². The van der Waals surface area contributed by atoms with Gasteiger partial charge in [0.1, 0.15) is 0 Å². The lowest BCUT2D eigenvalue weighted by molar-refractivity contribution is 0.802. The zero-order chi connectivity index (χ0) is 13.9. The molecule has 3 aromatic rings. The molecule has 0 aliphatic heterocycles. The molecule has 3 rings (SSSR count). The van der Waals surface area contributed by atoms with Crippen LogP contribution in [0.4, 0.5) is 0 Å². The first-order valence-electron chi connectivity index (χ1n) is 6.96. The molecular weight excluding hydrogens is 246 g/mol. The molecule has 20 heavy (non-hydrogen) atoms. The number of nitrogens with zero attached hydrogens (tertiary/aromatic N) is 2. The van der Waals surface area contributed by atoms with E-state index in [4.69, 9.17) is 5.73 Å². The van der Waals surface area contributed by atoms with E-state index in [-0.39, 0.29) is 0 Å². The third-order valence-corrected chi connectivity index (χ3v) is 3.55. The normalized spacial score (nSPS) is 11.1. The van der Waals surface area contributed by atoms with E-state index in [1.165, 1.54) is 16.5 Å². The molecule has 0 atom stereocenters. The minimum Gasteiger partial charge on any atom is -0.341 e. The summed E-state index contributed by atoms with van der Waals surface area (Å²) in [5.41, 5.74) is 10.3. The first-order chi connectivity index (χ1) is 9.76. The number of pyridine rings is 1. The molecule has 0 radical (unpaired) electrons. The van der Waals surface area contributed by atoms with Gasteiger partial charge in [0, 0.05) is 17.4 Å². The second-order valence-corrected chi connectivity index (χ2v) is 5.15. The maximum absolute atomic E-state index is 5.61. The summed E-state index contributed by atoms with van der Waals surface area (Å²) in [5, 5.41) is 1.27. The second kappa shape index (κ2) is 5.47. The van der Waals surface area contributed by atoms with Crippen molar-refractivity contribution < 1.29 is 0 Å². The van der Waals surface area contributed by atoms with Crippen molar-refractivity contribution in [2.75, 3.05) is 6.54 Å². The molecule has 0 fully saturated rings. The molecule has 102 valence electrons. The van der Waals surface area contributed by atoms with Crippen molar-refractivity contribution in [2.24, 2.45) is 5.73 Å².